The summed E-state index contributed by atoms with van der Waals surface area (Å²) >= 11 is 0. The first-order valence-electron chi connectivity index (χ1n) is 16.8. The molecule has 0 aromatic heterocycles. The Balaban J connectivity index is -0.0000000575. The van der Waals surface area contributed by atoms with E-state index in [1.54, 1.807) is 0 Å². The molecule has 0 spiro atoms. The van der Waals surface area contributed by atoms with Crippen LogP contribution in [0.3, 0.4) is 0 Å². The summed E-state index contributed by atoms with van der Waals surface area (Å²) < 4.78 is 0. The molecule has 2 unspecified atom stereocenters. The molecule has 0 heterocycles. The second kappa shape index (κ2) is 66.9. The summed E-state index contributed by atoms with van der Waals surface area (Å²) in [5, 5.41) is 10.3. The maximum absolute atomic E-state index is 7.00. The number of rotatable bonds is 9. The first-order chi connectivity index (χ1) is 20.2. The Labute approximate surface area is 269 Å². The molecule has 0 aliphatic rings. The molecule has 0 fully saturated rings. The van der Waals surface area contributed by atoms with Crippen LogP contribution in [0.25, 0.3) is 0 Å². The highest BCUT2D eigenvalue weighted by molar-refractivity contribution is 5.19. The van der Waals surface area contributed by atoms with E-state index in [2.05, 4.69) is 142 Å². The predicted octanol–water partition coefficient (Wildman–Crippen LogP) is 12.8. The molecule has 0 aliphatic heterocycles. The van der Waals surface area contributed by atoms with Gasteiger partial charge in [0.2, 0.25) is 0 Å². The minimum Gasteiger partial charge on any atom is -0.400 e. The van der Waals surface area contributed by atoms with Crippen molar-refractivity contribution in [3.63, 3.8) is 0 Å². The highest BCUT2D eigenvalue weighted by Crippen LogP contribution is 2.07. The lowest BCUT2D eigenvalue weighted by Gasteiger charge is -2.03. The van der Waals surface area contributed by atoms with Gasteiger partial charge in [-0.15, -0.1) is 12.8 Å². The first kappa shape index (κ1) is 59.3. The van der Waals surface area contributed by atoms with Gasteiger partial charge in [-0.05, 0) is 45.6 Å². The number of benzene rings is 1. The van der Waals surface area contributed by atoms with Crippen LogP contribution in [-0.2, 0) is 0 Å². The van der Waals surface area contributed by atoms with E-state index in [1.807, 2.05) is 48.5 Å². The van der Waals surface area contributed by atoms with Crippen LogP contribution in [0.1, 0.15) is 141 Å². The van der Waals surface area contributed by atoms with Crippen molar-refractivity contribution in [2.45, 2.75) is 143 Å². The number of aliphatic hydroxyl groups excluding tert-OH is 1. The van der Waals surface area contributed by atoms with Crippen LogP contribution in [0.5, 0.6) is 0 Å². The van der Waals surface area contributed by atoms with Crippen LogP contribution < -0.4 is 5.32 Å². The maximum Gasteiger partial charge on any atom is 0.0319 e. The number of aliphatic hydroxyl groups is 1. The van der Waals surface area contributed by atoms with E-state index in [1.165, 1.54) is 36.0 Å². The Bertz CT molecular complexity index is 575. The van der Waals surface area contributed by atoms with Crippen molar-refractivity contribution in [2.75, 3.05) is 20.2 Å². The van der Waals surface area contributed by atoms with Crippen LogP contribution in [-0.4, -0.2) is 25.3 Å². The number of likely N-dealkylation sites (N-methyl/N-ethyl adjacent to an activating group) is 1. The zero-order valence-electron chi connectivity index (χ0n) is 32.2. The number of hydrogen-bond acceptors (Lipinski definition) is 2. The smallest absolute Gasteiger partial charge is 0.0319 e. The van der Waals surface area contributed by atoms with E-state index in [9.17, 15) is 0 Å². The van der Waals surface area contributed by atoms with Crippen molar-refractivity contribution in [2.24, 2.45) is 11.8 Å². The molecule has 2 atom stereocenters. The lowest BCUT2D eigenvalue weighted by molar-refractivity contribution is 0.399. The number of allylic oxidation sites excluding steroid dienone is 5. The summed E-state index contributed by atoms with van der Waals surface area (Å²) in [6.07, 6.45) is 23.9. The molecule has 42 heavy (non-hydrogen) atoms. The van der Waals surface area contributed by atoms with Crippen LogP contribution in [0.15, 0.2) is 60.2 Å². The molecule has 2 N–H and O–H groups in total. The number of nitrogens with one attached hydrogen (secondary N) is 1. The molecular weight excluding hydrogens is 510 g/mol. The highest BCUT2D eigenvalue weighted by Gasteiger charge is 1.93. The number of terminal acetylenes is 1. The zero-order valence-corrected chi connectivity index (χ0v) is 32.2. The lowest BCUT2D eigenvalue weighted by atomic mass is 10.0. The average molecular weight is 592 g/mol. The van der Waals surface area contributed by atoms with Gasteiger partial charge < -0.3 is 10.4 Å². The summed E-state index contributed by atoms with van der Waals surface area (Å²) in [7, 11) is 1.00. The Kier molecular flexibility index (Phi) is 94.6. The van der Waals surface area contributed by atoms with Gasteiger partial charge in [0.1, 0.15) is 0 Å². The van der Waals surface area contributed by atoms with E-state index >= 15 is 0 Å². The molecule has 1 aromatic rings. The van der Waals surface area contributed by atoms with Crippen molar-refractivity contribution in [1.82, 2.24) is 5.32 Å². The molecule has 0 saturated carbocycles. The van der Waals surface area contributed by atoms with E-state index in [-0.39, 0.29) is 0 Å². The van der Waals surface area contributed by atoms with E-state index < -0.39 is 0 Å². The minimum atomic E-state index is 0.758. The Morgan fingerprint density at radius 1 is 0.738 bits per heavy atom. The molecule has 2 heteroatoms. The first-order valence-corrected chi connectivity index (χ1v) is 16.8. The standard InChI is InChI=1S/C10H19N.C10H20.C8H10.C3H8.3C2H6.C2H2.CH4O/c1-4-7-8-10(5-2)9-11-6-3;1-5-9(3)7-8-10(4)6-2;1-7-3-5-8(2)6-4-7;1-3-2;5*1-2/h4,7-8,11H,5-6,9H2,1-3H3;7-10H,5-6H2,1-4H3;3-6H,1-2H3;3H2,1-2H3;3*1-2H3;1-2H;2H,1H3/b7-4-,10-8+;8-7-;;;;;;;. The van der Waals surface area contributed by atoms with Gasteiger partial charge >= 0.3 is 0 Å². The molecule has 1 rings (SSSR count). The summed E-state index contributed by atoms with van der Waals surface area (Å²) in [6, 6.07) is 8.48. The highest BCUT2D eigenvalue weighted by atomic mass is 16.2. The summed E-state index contributed by atoms with van der Waals surface area (Å²) in [5.74, 6) is 1.52. The van der Waals surface area contributed by atoms with Crippen molar-refractivity contribution in [1.29, 1.82) is 0 Å². The van der Waals surface area contributed by atoms with Gasteiger partial charge in [-0.3, -0.25) is 0 Å². The third-order valence-corrected chi connectivity index (χ3v) is 4.85. The maximum atomic E-state index is 7.00. The second-order valence-corrected chi connectivity index (χ2v) is 8.50. The quantitative estimate of drug-likeness (QED) is 0.170. The Morgan fingerprint density at radius 3 is 1.26 bits per heavy atom. The Hall–Kier alpha value is -2.08. The van der Waals surface area contributed by atoms with E-state index in [4.69, 9.17) is 5.11 Å². The summed E-state index contributed by atoms with van der Waals surface area (Å²) in [4.78, 5) is 0. The van der Waals surface area contributed by atoms with Gasteiger partial charge in [0, 0.05) is 13.7 Å². The monoisotopic (exact) mass is 592 g/mol. The largest absolute Gasteiger partial charge is 0.400 e. The molecule has 0 radical (unpaired) electrons. The number of hydrogen-bond donors (Lipinski definition) is 2. The molecular formula is C40H81NO. The Morgan fingerprint density at radius 2 is 1.05 bits per heavy atom. The van der Waals surface area contributed by atoms with E-state index in [0.717, 1.165) is 38.5 Å². The topological polar surface area (TPSA) is 32.3 Å². The second-order valence-electron chi connectivity index (χ2n) is 8.50. The van der Waals surface area contributed by atoms with Gasteiger partial charge in [-0.2, -0.15) is 0 Å². The van der Waals surface area contributed by atoms with E-state index in [0.29, 0.717) is 0 Å². The zero-order chi connectivity index (χ0) is 35.2. The summed E-state index contributed by atoms with van der Waals surface area (Å²) in [6.45, 7) is 37.9. The fraction of sp³-hybridized carbons (Fsp3) is 0.650. The van der Waals surface area contributed by atoms with Crippen LogP contribution in [0.4, 0.5) is 0 Å². The SMILES string of the molecule is C#C.C/C=C\C=C(/CC)CNCC.CC.CC.CC.CCC.CCC(C)/C=C\C(C)CC.CO.Cc1ccc(C)cc1. The fourth-order valence-electron chi connectivity index (χ4n) is 2.11. The van der Waals surface area contributed by atoms with Crippen molar-refractivity contribution >= 4 is 0 Å². The third-order valence-electron chi connectivity index (χ3n) is 4.85. The average Bonchev–Trinajstić information content (AvgIpc) is 3.07. The third kappa shape index (κ3) is 71.3. The normalized spacial score (nSPS) is 10.4. The summed E-state index contributed by atoms with van der Waals surface area (Å²) in [5.41, 5.74) is 4.12. The van der Waals surface area contributed by atoms with Crippen molar-refractivity contribution in [3.05, 3.63) is 71.3 Å². The minimum absolute atomic E-state index is 0.758. The molecule has 0 aliphatic carbocycles. The van der Waals surface area contributed by atoms with Gasteiger partial charge in [-0.25, -0.2) is 0 Å². The molecule has 0 bridgehead atoms. The van der Waals surface area contributed by atoms with Gasteiger partial charge in [-0.1, -0.05) is 188 Å². The molecule has 0 amide bonds. The van der Waals surface area contributed by atoms with Crippen molar-refractivity contribution in [3.8, 4) is 12.8 Å². The molecule has 0 saturated heterocycles. The molecule has 2 nitrogen and oxygen atoms in total. The number of aryl methyl sites for hydroxylation is 2. The lowest BCUT2D eigenvalue weighted by Crippen LogP contribution is -2.15. The van der Waals surface area contributed by atoms with Crippen LogP contribution in [0.2, 0.25) is 0 Å². The fourth-order valence-corrected chi connectivity index (χ4v) is 2.11. The van der Waals surface area contributed by atoms with Crippen molar-refractivity contribution < 1.29 is 5.11 Å². The van der Waals surface area contributed by atoms with Crippen LogP contribution >= 0.6 is 0 Å². The van der Waals surface area contributed by atoms with Gasteiger partial charge in [0.05, 0.1) is 0 Å². The van der Waals surface area contributed by atoms with Gasteiger partial charge in [0.25, 0.3) is 0 Å². The predicted molar refractivity (Wildman–Crippen MR) is 204 cm³/mol. The molecule has 252 valence electrons. The molecule has 1 aromatic carbocycles. The van der Waals surface area contributed by atoms with Gasteiger partial charge in [0.15, 0.2) is 0 Å². The van der Waals surface area contributed by atoms with Crippen LogP contribution in [0, 0.1) is 38.5 Å².